The van der Waals surface area contributed by atoms with Crippen LogP contribution in [0.15, 0.2) is 141 Å². The summed E-state index contributed by atoms with van der Waals surface area (Å²) in [6.07, 6.45) is 8.79. The van der Waals surface area contributed by atoms with Crippen LogP contribution in [0.25, 0.3) is 11.1 Å². The lowest BCUT2D eigenvalue weighted by Crippen LogP contribution is -2.15. The SMILES string of the molecule is C#Cc1cc(OC(=O)c2ccc(OCCCOC(=O)C=C)cc2)c(C(=O)OCc2ccccc2)cc1OC(=O)c1ccc(OCCCOC(=O)C=C)cc1.c1cc2ccc1-2. The van der Waals surface area contributed by atoms with Crippen LogP contribution < -0.4 is 18.9 Å². The van der Waals surface area contributed by atoms with Crippen LogP contribution in [0.4, 0.5) is 0 Å². The summed E-state index contributed by atoms with van der Waals surface area (Å²) in [4.78, 5) is 62.1. The summed E-state index contributed by atoms with van der Waals surface area (Å²) < 4.78 is 37.8. The fraction of sp³-hybridized carbons (Fsp3) is 0.146. The van der Waals surface area contributed by atoms with Gasteiger partial charge in [0.25, 0.3) is 0 Å². The van der Waals surface area contributed by atoms with E-state index in [1.807, 2.05) is 6.07 Å². The Morgan fingerprint density at radius 3 is 1.47 bits per heavy atom. The maximum Gasteiger partial charge on any atom is 0.343 e. The van der Waals surface area contributed by atoms with Gasteiger partial charge in [0.15, 0.2) is 0 Å². The normalized spacial score (nSPS) is 10.2. The predicted octanol–water partition coefficient (Wildman–Crippen LogP) is 8.13. The highest BCUT2D eigenvalue weighted by atomic mass is 16.6. The second-order valence-electron chi connectivity index (χ2n) is 12.6. The monoisotopic (exact) mass is 808 g/mol. The van der Waals surface area contributed by atoms with Crippen LogP contribution in [0.5, 0.6) is 23.0 Å². The van der Waals surface area contributed by atoms with Crippen LogP contribution in [0.1, 0.15) is 55.0 Å². The van der Waals surface area contributed by atoms with Gasteiger partial charge in [0, 0.05) is 37.1 Å². The number of rotatable bonds is 19. The molecule has 0 saturated carbocycles. The number of hydrogen-bond acceptors (Lipinski definition) is 12. The Labute approximate surface area is 346 Å². The highest BCUT2D eigenvalue weighted by Crippen LogP contribution is 2.32. The van der Waals surface area contributed by atoms with E-state index < -0.39 is 29.8 Å². The molecule has 4 aromatic rings. The van der Waals surface area contributed by atoms with Crippen LogP contribution in [0.3, 0.4) is 0 Å². The second-order valence-corrected chi connectivity index (χ2v) is 12.6. The molecule has 0 spiro atoms. The summed E-state index contributed by atoms with van der Waals surface area (Å²) in [6, 6.07) is 32.0. The molecular formula is C48H40O12. The minimum atomic E-state index is -0.870. The van der Waals surface area contributed by atoms with Crippen molar-refractivity contribution in [2.45, 2.75) is 19.4 Å². The zero-order chi connectivity index (χ0) is 42.7. The number of carbonyl (C=O) groups is 5. The molecule has 60 heavy (non-hydrogen) atoms. The molecule has 0 amide bonds. The zero-order valence-electron chi connectivity index (χ0n) is 32.5. The van der Waals surface area contributed by atoms with Crippen LogP contribution in [-0.4, -0.2) is 56.3 Å². The van der Waals surface area contributed by atoms with Crippen LogP contribution in [-0.2, 0) is 30.4 Å². The van der Waals surface area contributed by atoms with E-state index in [0.717, 1.165) is 12.2 Å². The molecule has 0 atom stereocenters. The lowest BCUT2D eigenvalue weighted by Gasteiger charge is -2.14. The first-order valence-electron chi connectivity index (χ1n) is 18.6. The predicted molar refractivity (Wildman–Crippen MR) is 221 cm³/mol. The molecule has 12 heteroatoms. The Morgan fingerprint density at radius 1 is 0.550 bits per heavy atom. The summed E-state index contributed by atoms with van der Waals surface area (Å²) in [6.45, 7) is 7.41. The summed E-state index contributed by atoms with van der Waals surface area (Å²) in [5.74, 6) is -0.569. The fourth-order valence-corrected chi connectivity index (χ4v) is 5.12. The van der Waals surface area contributed by atoms with Crippen molar-refractivity contribution in [1.29, 1.82) is 0 Å². The van der Waals surface area contributed by atoms with Crippen LogP contribution >= 0.6 is 0 Å². The molecule has 12 nitrogen and oxygen atoms in total. The van der Waals surface area contributed by atoms with Gasteiger partial charge in [0.1, 0.15) is 35.2 Å². The van der Waals surface area contributed by atoms with Crippen molar-refractivity contribution in [2.75, 3.05) is 26.4 Å². The van der Waals surface area contributed by atoms with E-state index in [1.165, 1.54) is 47.5 Å². The number of esters is 5. The molecule has 0 aromatic heterocycles. The summed E-state index contributed by atoms with van der Waals surface area (Å²) in [7, 11) is 0. The maximum atomic E-state index is 13.4. The van der Waals surface area contributed by atoms with Crippen molar-refractivity contribution in [3.63, 3.8) is 0 Å². The number of ether oxygens (including phenoxy) is 7. The fourth-order valence-electron chi connectivity index (χ4n) is 5.12. The molecule has 6 rings (SSSR count). The molecule has 4 aromatic carbocycles. The number of carbonyl (C=O) groups excluding carboxylic acids is 5. The lowest BCUT2D eigenvalue weighted by molar-refractivity contribution is -0.138. The van der Waals surface area contributed by atoms with Crippen molar-refractivity contribution >= 4 is 29.8 Å². The van der Waals surface area contributed by atoms with Crippen LogP contribution in [0.2, 0.25) is 0 Å². The third-order valence-corrected chi connectivity index (χ3v) is 8.41. The smallest absolute Gasteiger partial charge is 0.343 e. The maximum absolute atomic E-state index is 13.4. The van der Waals surface area contributed by atoms with E-state index in [4.69, 9.17) is 39.6 Å². The first kappa shape index (κ1) is 43.2. The van der Waals surface area contributed by atoms with Gasteiger partial charge >= 0.3 is 29.8 Å². The average Bonchev–Trinajstić information content (AvgIpc) is 3.27. The zero-order valence-corrected chi connectivity index (χ0v) is 32.5. The van der Waals surface area contributed by atoms with Crippen molar-refractivity contribution in [3.8, 4) is 46.5 Å². The van der Waals surface area contributed by atoms with Crippen molar-refractivity contribution in [2.24, 2.45) is 0 Å². The summed E-state index contributed by atoms with van der Waals surface area (Å²) in [5, 5.41) is 0. The van der Waals surface area contributed by atoms with Gasteiger partial charge in [-0.25, -0.2) is 24.0 Å². The van der Waals surface area contributed by atoms with E-state index in [0.29, 0.717) is 29.9 Å². The number of hydrogen-bond donors (Lipinski definition) is 0. The van der Waals surface area contributed by atoms with Gasteiger partial charge in [-0.3, -0.25) is 0 Å². The van der Waals surface area contributed by atoms with Gasteiger partial charge in [-0.2, -0.15) is 0 Å². The van der Waals surface area contributed by atoms with Gasteiger partial charge in [-0.15, -0.1) is 6.42 Å². The molecular weight excluding hydrogens is 769 g/mol. The molecule has 2 aliphatic carbocycles. The van der Waals surface area contributed by atoms with Gasteiger partial charge in [0.2, 0.25) is 0 Å². The molecule has 0 bridgehead atoms. The number of terminal acetylenes is 1. The Hall–Kier alpha value is -7.91. The van der Waals surface area contributed by atoms with E-state index in [9.17, 15) is 24.0 Å². The molecule has 0 heterocycles. The highest BCUT2D eigenvalue weighted by Gasteiger charge is 2.23. The molecule has 0 radical (unpaired) electrons. The topological polar surface area (TPSA) is 150 Å². The Morgan fingerprint density at radius 2 is 1.03 bits per heavy atom. The standard InChI is InChI=1S/C42H36O12.C6H4/c1-4-30-26-37(54-41(46)32-16-20-34(21-17-32)49-23-11-25-51-39(44)6-3)35(42(47)52-28-29-12-8-7-9-13-29)27-36(30)53-40(45)31-14-18-33(19-15-31)48-22-10-24-50-38(43)5-2;1-2-6-4-3-5(1)6/h1,5-9,12-21,26-27H,2-3,10-11,22-25,28H2;1-4H. The Bertz CT molecular complexity index is 2320. The van der Waals surface area contributed by atoms with E-state index in [-0.39, 0.29) is 66.8 Å². The highest BCUT2D eigenvalue weighted by molar-refractivity contribution is 5.98. The Kier molecular flexibility index (Phi) is 15.9. The first-order valence-corrected chi connectivity index (χ1v) is 18.6. The summed E-state index contributed by atoms with van der Waals surface area (Å²) >= 11 is 0. The first-order chi connectivity index (χ1) is 29.2. The molecule has 304 valence electrons. The molecule has 0 saturated heterocycles. The van der Waals surface area contributed by atoms with Crippen LogP contribution in [0, 0.1) is 12.3 Å². The third-order valence-electron chi connectivity index (χ3n) is 8.41. The quantitative estimate of drug-likeness (QED) is 0.0194. The minimum Gasteiger partial charge on any atom is -0.493 e. The van der Waals surface area contributed by atoms with Gasteiger partial charge in [-0.05, 0) is 65.2 Å². The molecule has 2 aliphatic rings. The van der Waals surface area contributed by atoms with Gasteiger partial charge in [-0.1, -0.05) is 73.7 Å². The van der Waals surface area contributed by atoms with Crippen molar-refractivity contribution in [3.05, 3.63) is 168 Å². The number of benzene rings is 5. The summed E-state index contributed by atoms with van der Waals surface area (Å²) in [5.41, 5.74) is 3.64. The third kappa shape index (κ3) is 12.8. The second kappa shape index (κ2) is 22.1. The average molecular weight is 809 g/mol. The molecule has 0 aliphatic heterocycles. The van der Waals surface area contributed by atoms with Gasteiger partial charge in [0.05, 0.1) is 43.1 Å². The number of fused-ring (bicyclic) bond motifs is 1. The van der Waals surface area contributed by atoms with E-state index >= 15 is 0 Å². The van der Waals surface area contributed by atoms with E-state index in [2.05, 4.69) is 43.3 Å². The molecule has 0 N–H and O–H groups in total. The van der Waals surface area contributed by atoms with E-state index in [1.54, 1.807) is 48.5 Å². The Balaban J connectivity index is 0.00000103. The minimum absolute atomic E-state index is 0.0189. The van der Waals surface area contributed by atoms with Crippen molar-refractivity contribution < 1.29 is 57.1 Å². The lowest BCUT2D eigenvalue weighted by atomic mass is 9.95. The largest absolute Gasteiger partial charge is 0.493 e. The van der Waals surface area contributed by atoms with Gasteiger partial charge < -0.3 is 33.2 Å². The van der Waals surface area contributed by atoms with Crippen molar-refractivity contribution in [1.82, 2.24) is 0 Å². The molecule has 0 fully saturated rings. The molecule has 0 unspecified atom stereocenters.